The molecule has 0 amide bonds. The van der Waals surface area contributed by atoms with Gasteiger partial charge in [-0.05, 0) is 43.2 Å². The van der Waals surface area contributed by atoms with Crippen molar-refractivity contribution in [1.82, 2.24) is 10.6 Å². The molecule has 1 unspecified atom stereocenters. The van der Waals surface area contributed by atoms with Crippen LogP contribution in [0.2, 0.25) is 5.02 Å². The Labute approximate surface area is 169 Å². The Kier molecular flexibility index (Phi) is 8.99. The van der Waals surface area contributed by atoms with Crippen molar-refractivity contribution in [2.24, 2.45) is 4.99 Å². The van der Waals surface area contributed by atoms with Crippen molar-refractivity contribution in [2.75, 3.05) is 6.54 Å². The summed E-state index contributed by atoms with van der Waals surface area (Å²) >= 11 is 6.22. The van der Waals surface area contributed by atoms with E-state index in [1.807, 2.05) is 38.1 Å². The third-order valence-electron chi connectivity index (χ3n) is 3.50. The van der Waals surface area contributed by atoms with E-state index < -0.39 is 5.82 Å². The van der Waals surface area contributed by atoms with Crippen LogP contribution in [0.15, 0.2) is 47.5 Å². The molecule has 0 spiro atoms. The molecule has 3 N–H and O–H groups in total. The van der Waals surface area contributed by atoms with Gasteiger partial charge in [0.15, 0.2) is 17.5 Å². The fourth-order valence-corrected chi connectivity index (χ4v) is 2.55. The number of aromatic hydroxyl groups is 1. The molecule has 0 fully saturated rings. The molecule has 2 aromatic carbocycles. The van der Waals surface area contributed by atoms with Gasteiger partial charge in [-0.25, -0.2) is 9.38 Å². The molecule has 0 aliphatic heterocycles. The van der Waals surface area contributed by atoms with Gasteiger partial charge in [0.05, 0.1) is 12.6 Å². The highest BCUT2D eigenvalue weighted by molar-refractivity contribution is 14.0. The summed E-state index contributed by atoms with van der Waals surface area (Å²) in [6.07, 6.45) is 0. The maximum Gasteiger partial charge on any atom is 0.192 e. The van der Waals surface area contributed by atoms with Gasteiger partial charge in [0, 0.05) is 11.6 Å². The van der Waals surface area contributed by atoms with Crippen molar-refractivity contribution >= 4 is 41.5 Å². The van der Waals surface area contributed by atoms with Gasteiger partial charge in [-0.1, -0.05) is 35.9 Å². The molecule has 0 heterocycles. The van der Waals surface area contributed by atoms with E-state index in [-0.39, 0.29) is 35.8 Å². The second kappa shape index (κ2) is 10.5. The van der Waals surface area contributed by atoms with E-state index in [9.17, 15) is 9.50 Å². The van der Waals surface area contributed by atoms with Gasteiger partial charge in [0.1, 0.15) is 0 Å². The van der Waals surface area contributed by atoms with E-state index in [0.717, 1.165) is 5.56 Å². The number of aliphatic imine (C=N–C) groups is 1. The average Bonchev–Trinajstić information content (AvgIpc) is 2.56. The molecule has 25 heavy (non-hydrogen) atoms. The number of halogens is 3. The van der Waals surface area contributed by atoms with Crippen LogP contribution in [0.5, 0.6) is 5.75 Å². The number of phenolic OH excluding ortho intramolecular Hbond substituents is 1. The lowest BCUT2D eigenvalue weighted by atomic mass is 10.1. The summed E-state index contributed by atoms with van der Waals surface area (Å²) in [5.74, 6) is -0.399. The minimum absolute atomic E-state index is 0. The zero-order valence-electron chi connectivity index (χ0n) is 14.1. The summed E-state index contributed by atoms with van der Waals surface area (Å²) in [4.78, 5) is 4.45. The number of hydrogen-bond acceptors (Lipinski definition) is 2. The molecule has 1 atom stereocenters. The SMILES string of the molecule is CCNC(=NCc1ccc(O)c(F)c1)NC(C)c1ccccc1Cl.I. The molecule has 7 heteroatoms. The summed E-state index contributed by atoms with van der Waals surface area (Å²) in [7, 11) is 0. The maximum atomic E-state index is 13.4. The normalized spacial score (nSPS) is 12.2. The van der Waals surface area contributed by atoms with Crippen LogP contribution in [0.1, 0.15) is 31.0 Å². The maximum absolute atomic E-state index is 13.4. The Bertz CT molecular complexity index is 727. The minimum atomic E-state index is -0.648. The van der Waals surface area contributed by atoms with Crippen LogP contribution in [0.25, 0.3) is 0 Å². The number of phenols is 1. The quantitative estimate of drug-likeness (QED) is 0.335. The summed E-state index contributed by atoms with van der Waals surface area (Å²) in [5.41, 5.74) is 1.65. The van der Waals surface area contributed by atoms with Crippen LogP contribution < -0.4 is 10.6 Å². The van der Waals surface area contributed by atoms with E-state index in [1.165, 1.54) is 12.1 Å². The summed E-state index contributed by atoms with van der Waals surface area (Å²) in [5, 5.41) is 16.4. The first-order chi connectivity index (χ1) is 11.5. The highest BCUT2D eigenvalue weighted by Crippen LogP contribution is 2.22. The van der Waals surface area contributed by atoms with E-state index in [1.54, 1.807) is 6.07 Å². The molecule has 4 nitrogen and oxygen atoms in total. The zero-order valence-corrected chi connectivity index (χ0v) is 17.2. The Balaban J connectivity index is 0.00000312. The topological polar surface area (TPSA) is 56.7 Å². The van der Waals surface area contributed by atoms with Crippen molar-refractivity contribution in [3.8, 4) is 5.75 Å². The monoisotopic (exact) mass is 477 g/mol. The molecule has 0 saturated heterocycles. The van der Waals surface area contributed by atoms with Gasteiger partial charge < -0.3 is 15.7 Å². The van der Waals surface area contributed by atoms with Crippen LogP contribution in [0.4, 0.5) is 4.39 Å². The van der Waals surface area contributed by atoms with Gasteiger partial charge in [0.2, 0.25) is 0 Å². The molecule has 0 aliphatic carbocycles. The molecule has 0 saturated carbocycles. The number of hydrogen-bond donors (Lipinski definition) is 3. The number of nitrogens with zero attached hydrogens (tertiary/aromatic N) is 1. The second-order valence-corrected chi connectivity index (χ2v) is 5.78. The first kappa shape index (κ1) is 21.5. The van der Waals surface area contributed by atoms with Gasteiger partial charge in [-0.15, -0.1) is 24.0 Å². The summed E-state index contributed by atoms with van der Waals surface area (Å²) < 4.78 is 13.4. The highest BCUT2D eigenvalue weighted by atomic mass is 127. The van der Waals surface area contributed by atoms with Gasteiger partial charge in [0.25, 0.3) is 0 Å². The largest absolute Gasteiger partial charge is 0.505 e. The second-order valence-electron chi connectivity index (χ2n) is 5.37. The van der Waals surface area contributed by atoms with Crippen LogP contribution in [-0.4, -0.2) is 17.6 Å². The fourth-order valence-electron chi connectivity index (χ4n) is 2.25. The Morgan fingerprint density at radius 3 is 2.64 bits per heavy atom. The fraction of sp³-hybridized carbons (Fsp3) is 0.278. The summed E-state index contributed by atoms with van der Waals surface area (Å²) in [6.45, 7) is 4.96. The Morgan fingerprint density at radius 1 is 1.28 bits per heavy atom. The lowest BCUT2D eigenvalue weighted by molar-refractivity contribution is 0.432. The highest BCUT2D eigenvalue weighted by Gasteiger charge is 2.11. The molecular weight excluding hydrogens is 456 g/mol. The smallest absolute Gasteiger partial charge is 0.192 e. The Hall–Kier alpha value is -1.54. The van der Waals surface area contributed by atoms with Crippen LogP contribution in [0.3, 0.4) is 0 Å². The van der Waals surface area contributed by atoms with Gasteiger partial charge >= 0.3 is 0 Å². The molecule has 0 aliphatic rings. The molecule has 0 bridgehead atoms. The van der Waals surface area contributed by atoms with Gasteiger partial charge in [-0.3, -0.25) is 0 Å². The van der Waals surface area contributed by atoms with E-state index in [2.05, 4.69) is 15.6 Å². The molecule has 136 valence electrons. The van der Waals surface area contributed by atoms with E-state index >= 15 is 0 Å². The standard InChI is InChI=1S/C18H21ClFN3O.HI/c1-3-21-18(22-11-13-8-9-17(24)16(20)10-13)23-12(2)14-6-4-5-7-15(14)19;/h4-10,12,24H,3,11H2,1-2H3,(H2,21,22,23);1H. The molecule has 2 rings (SSSR count). The van der Waals surface area contributed by atoms with E-state index in [0.29, 0.717) is 29.6 Å². The van der Waals surface area contributed by atoms with Crippen molar-refractivity contribution in [3.63, 3.8) is 0 Å². The minimum Gasteiger partial charge on any atom is -0.505 e. The lowest BCUT2D eigenvalue weighted by Gasteiger charge is -2.19. The zero-order chi connectivity index (χ0) is 17.5. The average molecular weight is 478 g/mol. The van der Waals surface area contributed by atoms with Crippen LogP contribution in [-0.2, 0) is 6.54 Å². The molecule has 2 aromatic rings. The number of nitrogens with one attached hydrogen (secondary N) is 2. The summed E-state index contributed by atoms with van der Waals surface area (Å²) in [6, 6.07) is 11.8. The van der Waals surface area contributed by atoms with E-state index in [4.69, 9.17) is 11.6 Å². The third-order valence-corrected chi connectivity index (χ3v) is 3.85. The molecular formula is C18H22ClFIN3O. The number of benzene rings is 2. The number of rotatable bonds is 5. The van der Waals surface area contributed by atoms with Crippen molar-refractivity contribution < 1.29 is 9.50 Å². The van der Waals surface area contributed by atoms with Crippen molar-refractivity contribution in [3.05, 3.63) is 64.4 Å². The van der Waals surface area contributed by atoms with Crippen LogP contribution in [0, 0.1) is 5.82 Å². The van der Waals surface area contributed by atoms with Crippen LogP contribution >= 0.6 is 35.6 Å². The van der Waals surface area contributed by atoms with Crippen molar-refractivity contribution in [2.45, 2.75) is 26.4 Å². The predicted molar refractivity (Wildman–Crippen MR) is 111 cm³/mol. The predicted octanol–water partition coefficient (Wildman–Crippen LogP) is 4.62. The molecule has 0 aromatic heterocycles. The third kappa shape index (κ3) is 6.36. The first-order valence-corrected chi connectivity index (χ1v) is 8.15. The van der Waals surface area contributed by atoms with Crippen molar-refractivity contribution in [1.29, 1.82) is 0 Å². The number of guanidine groups is 1. The van der Waals surface area contributed by atoms with Gasteiger partial charge in [-0.2, -0.15) is 0 Å². The first-order valence-electron chi connectivity index (χ1n) is 7.78. The molecule has 0 radical (unpaired) electrons. The lowest BCUT2D eigenvalue weighted by Crippen LogP contribution is -2.38. The Morgan fingerprint density at radius 2 is 2.00 bits per heavy atom.